The molecule has 0 bridgehead atoms. The molecule has 2 heterocycles. The van der Waals surface area contributed by atoms with E-state index in [9.17, 15) is 0 Å². The number of H-pyrrole nitrogens is 1. The molecule has 1 aromatic heterocycles. The van der Waals surface area contributed by atoms with E-state index in [0.29, 0.717) is 0 Å². The number of hydrogen-bond acceptors (Lipinski definition) is 4. The number of fused-ring (bicyclic) bond motifs is 3. The zero-order valence-corrected chi connectivity index (χ0v) is 14.7. The number of rotatable bonds is 4. The SMILES string of the molecule is COc1ccc2[nH]c3c(c2c1)CCN[C@H]3c1ccc(OC)c(OC)c1. The minimum absolute atomic E-state index is 0.0990. The molecular weight excluding hydrogens is 316 g/mol. The van der Waals surface area contributed by atoms with Crippen LogP contribution in [0.25, 0.3) is 10.9 Å². The Morgan fingerprint density at radius 3 is 2.52 bits per heavy atom. The molecule has 0 saturated carbocycles. The van der Waals surface area contributed by atoms with E-state index >= 15 is 0 Å². The first-order valence-corrected chi connectivity index (χ1v) is 8.39. The quantitative estimate of drug-likeness (QED) is 0.765. The molecule has 25 heavy (non-hydrogen) atoms. The van der Waals surface area contributed by atoms with Crippen molar-refractivity contribution >= 4 is 10.9 Å². The zero-order chi connectivity index (χ0) is 17.4. The Morgan fingerprint density at radius 1 is 0.920 bits per heavy atom. The smallest absolute Gasteiger partial charge is 0.161 e. The summed E-state index contributed by atoms with van der Waals surface area (Å²) in [6.07, 6.45) is 0.992. The summed E-state index contributed by atoms with van der Waals surface area (Å²) < 4.78 is 16.2. The number of hydrogen-bond donors (Lipinski definition) is 2. The first-order chi connectivity index (χ1) is 12.2. The highest BCUT2D eigenvalue weighted by Crippen LogP contribution is 2.37. The summed E-state index contributed by atoms with van der Waals surface area (Å²) in [5.41, 5.74) is 4.85. The van der Waals surface area contributed by atoms with E-state index < -0.39 is 0 Å². The number of ether oxygens (including phenoxy) is 3. The molecule has 5 heteroatoms. The first kappa shape index (κ1) is 15.8. The molecule has 2 N–H and O–H groups in total. The maximum absolute atomic E-state index is 5.47. The van der Waals surface area contributed by atoms with Crippen LogP contribution >= 0.6 is 0 Å². The molecule has 5 nitrogen and oxygen atoms in total. The van der Waals surface area contributed by atoms with Crippen LogP contribution in [0.15, 0.2) is 36.4 Å². The summed E-state index contributed by atoms with van der Waals surface area (Å²) in [6, 6.07) is 12.4. The van der Waals surface area contributed by atoms with Crippen molar-refractivity contribution in [1.29, 1.82) is 0 Å². The van der Waals surface area contributed by atoms with Crippen LogP contribution in [0.2, 0.25) is 0 Å². The van der Waals surface area contributed by atoms with Crippen LogP contribution in [0.1, 0.15) is 22.9 Å². The minimum atomic E-state index is 0.0990. The highest BCUT2D eigenvalue weighted by molar-refractivity contribution is 5.86. The number of nitrogens with one attached hydrogen (secondary N) is 2. The summed E-state index contributed by atoms with van der Waals surface area (Å²) in [7, 11) is 5.02. The van der Waals surface area contributed by atoms with Gasteiger partial charge < -0.3 is 24.5 Å². The molecule has 3 aromatic rings. The van der Waals surface area contributed by atoms with Gasteiger partial charge in [0.25, 0.3) is 0 Å². The van der Waals surface area contributed by atoms with Gasteiger partial charge >= 0.3 is 0 Å². The lowest BCUT2D eigenvalue weighted by atomic mass is 9.94. The van der Waals surface area contributed by atoms with E-state index in [-0.39, 0.29) is 6.04 Å². The Hall–Kier alpha value is -2.66. The van der Waals surface area contributed by atoms with Gasteiger partial charge in [-0.15, -0.1) is 0 Å². The highest BCUT2D eigenvalue weighted by Gasteiger charge is 2.26. The standard InChI is InChI=1S/C20H22N2O3/c1-23-13-5-6-16-15(11-13)14-8-9-21-19(20(14)22-16)12-4-7-17(24-2)18(10-12)25-3/h4-7,10-11,19,21-22H,8-9H2,1-3H3/t19-/m0/s1. The molecule has 130 valence electrons. The Morgan fingerprint density at radius 2 is 1.76 bits per heavy atom. The molecule has 0 fully saturated rings. The maximum Gasteiger partial charge on any atom is 0.161 e. The number of methoxy groups -OCH3 is 3. The third kappa shape index (κ3) is 2.61. The van der Waals surface area contributed by atoms with Crippen molar-refractivity contribution in [2.45, 2.75) is 12.5 Å². The average Bonchev–Trinajstić information content (AvgIpc) is 3.05. The lowest BCUT2D eigenvalue weighted by Gasteiger charge is -2.25. The topological polar surface area (TPSA) is 55.5 Å². The summed E-state index contributed by atoms with van der Waals surface area (Å²) in [4.78, 5) is 3.59. The van der Waals surface area contributed by atoms with E-state index in [0.717, 1.165) is 41.3 Å². The second-order valence-corrected chi connectivity index (χ2v) is 6.18. The average molecular weight is 338 g/mol. The Labute approximate surface area is 146 Å². The molecule has 0 amide bonds. The molecule has 1 aliphatic heterocycles. The largest absolute Gasteiger partial charge is 0.497 e. The third-order valence-corrected chi connectivity index (χ3v) is 4.90. The van der Waals surface area contributed by atoms with Gasteiger partial charge in [0, 0.05) is 23.1 Å². The van der Waals surface area contributed by atoms with E-state index in [1.807, 2.05) is 18.2 Å². The predicted molar refractivity (Wildman–Crippen MR) is 97.9 cm³/mol. The van der Waals surface area contributed by atoms with Gasteiger partial charge in [0.1, 0.15) is 5.75 Å². The summed E-state index contributed by atoms with van der Waals surface area (Å²) >= 11 is 0. The zero-order valence-electron chi connectivity index (χ0n) is 14.7. The van der Waals surface area contributed by atoms with Gasteiger partial charge in [0.15, 0.2) is 11.5 Å². The molecular formula is C20H22N2O3. The van der Waals surface area contributed by atoms with Gasteiger partial charge in [-0.2, -0.15) is 0 Å². The fraction of sp³-hybridized carbons (Fsp3) is 0.300. The molecule has 2 aromatic carbocycles. The lowest BCUT2D eigenvalue weighted by molar-refractivity contribution is 0.354. The molecule has 1 aliphatic rings. The van der Waals surface area contributed by atoms with Gasteiger partial charge in [-0.1, -0.05) is 6.07 Å². The fourth-order valence-electron chi connectivity index (χ4n) is 3.65. The lowest BCUT2D eigenvalue weighted by Crippen LogP contribution is -2.30. The van der Waals surface area contributed by atoms with Crippen LogP contribution in [-0.4, -0.2) is 32.9 Å². The van der Waals surface area contributed by atoms with Crippen molar-refractivity contribution in [3.63, 3.8) is 0 Å². The molecule has 0 spiro atoms. The van der Waals surface area contributed by atoms with Crippen LogP contribution in [0.4, 0.5) is 0 Å². The van der Waals surface area contributed by atoms with Crippen LogP contribution < -0.4 is 19.5 Å². The maximum atomic E-state index is 5.47. The van der Waals surface area contributed by atoms with Gasteiger partial charge in [-0.3, -0.25) is 0 Å². The van der Waals surface area contributed by atoms with Crippen LogP contribution in [-0.2, 0) is 6.42 Å². The van der Waals surface area contributed by atoms with Gasteiger partial charge in [-0.05, 0) is 47.9 Å². The van der Waals surface area contributed by atoms with Crippen molar-refractivity contribution in [1.82, 2.24) is 10.3 Å². The van der Waals surface area contributed by atoms with Crippen molar-refractivity contribution in [3.05, 3.63) is 53.2 Å². The van der Waals surface area contributed by atoms with Crippen LogP contribution in [0.3, 0.4) is 0 Å². The van der Waals surface area contributed by atoms with E-state index in [1.165, 1.54) is 16.6 Å². The van der Waals surface area contributed by atoms with E-state index in [4.69, 9.17) is 14.2 Å². The Balaban J connectivity index is 1.82. The van der Waals surface area contributed by atoms with Crippen molar-refractivity contribution < 1.29 is 14.2 Å². The first-order valence-electron chi connectivity index (χ1n) is 8.39. The Kier molecular flexibility index (Phi) is 4.01. The van der Waals surface area contributed by atoms with Crippen LogP contribution in [0.5, 0.6) is 17.2 Å². The van der Waals surface area contributed by atoms with Crippen molar-refractivity contribution in [2.75, 3.05) is 27.9 Å². The molecule has 1 atom stereocenters. The number of aromatic amines is 1. The summed E-state index contributed by atoms with van der Waals surface area (Å²) in [5, 5.41) is 4.85. The second-order valence-electron chi connectivity index (χ2n) is 6.18. The third-order valence-electron chi connectivity index (χ3n) is 4.90. The summed E-state index contributed by atoms with van der Waals surface area (Å²) in [6.45, 7) is 0.927. The molecule has 0 aliphatic carbocycles. The van der Waals surface area contributed by atoms with Crippen molar-refractivity contribution in [3.8, 4) is 17.2 Å². The molecule has 4 rings (SSSR count). The Bertz CT molecular complexity index is 917. The highest BCUT2D eigenvalue weighted by atomic mass is 16.5. The second kappa shape index (κ2) is 6.33. The number of aromatic nitrogens is 1. The summed E-state index contributed by atoms with van der Waals surface area (Å²) in [5.74, 6) is 2.37. The number of benzene rings is 2. The molecule has 0 unspecified atom stereocenters. The van der Waals surface area contributed by atoms with Gasteiger partial charge in [-0.25, -0.2) is 0 Å². The fourth-order valence-corrected chi connectivity index (χ4v) is 3.65. The van der Waals surface area contributed by atoms with Crippen LogP contribution in [0, 0.1) is 0 Å². The normalized spacial score (nSPS) is 16.5. The van der Waals surface area contributed by atoms with E-state index in [1.54, 1.807) is 21.3 Å². The van der Waals surface area contributed by atoms with E-state index in [2.05, 4.69) is 28.5 Å². The van der Waals surface area contributed by atoms with Crippen molar-refractivity contribution in [2.24, 2.45) is 0 Å². The molecule has 0 radical (unpaired) electrons. The van der Waals surface area contributed by atoms with Gasteiger partial charge in [0.2, 0.25) is 0 Å². The monoisotopic (exact) mass is 338 g/mol. The minimum Gasteiger partial charge on any atom is -0.497 e. The predicted octanol–water partition coefficient (Wildman–Crippen LogP) is 3.43. The molecule has 0 saturated heterocycles. The van der Waals surface area contributed by atoms with Gasteiger partial charge in [0.05, 0.1) is 27.4 Å².